The Labute approximate surface area is 151 Å². The Morgan fingerprint density at radius 2 is 1.80 bits per heavy atom. The van der Waals surface area contributed by atoms with Gasteiger partial charge >= 0.3 is 0 Å². The monoisotopic (exact) mass is 351 g/mol. The number of anilines is 1. The molecule has 4 nitrogen and oxygen atoms in total. The molecule has 0 unspecified atom stereocenters. The van der Waals surface area contributed by atoms with Gasteiger partial charge in [-0.25, -0.2) is 4.98 Å². The zero-order valence-corrected chi connectivity index (χ0v) is 15.2. The number of amides is 1. The van der Waals surface area contributed by atoms with Crippen molar-refractivity contribution in [2.24, 2.45) is 5.73 Å². The molecule has 0 spiro atoms. The number of fused-ring (bicyclic) bond motifs is 1. The van der Waals surface area contributed by atoms with E-state index in [1.54, 1.807) is 0 Å². The van der Waals surface area contributed by atoms with E-state index in [4.69, 9.17) is 5.73 Å². The molecule has 0 saturated heterocycles. The first kappa shape index (κ1) is 17.2. The van der Waals surface area contributed by atoms with Gasteiger partial charge in [-0.05, 0) is 49.8 Å². The van der Waals surface area contributed by atoms with Gasteiger partial charge in [0.15, 0.2) is 0 Å². The average molecular weight is 351 g/mol. The molecule has 0 saturated carbocycles. The number of aromatic nitrogens is 1. The summed E-state index contributed by atoms with van der Waals surface area (Å²) >= 11 is 1.48. The highest BCUT2D eigenvalue weighted by Gasteiger charge is 2.14. The SMILES string of the molecule is CCN(CC)c1ccc(/C=C(\C(N)=O)c2nc3ccccc3s2)cc1. The molecule has 5 heteroatoms. The Bertz CT molecular complexity index is 875. The Balaban J connectivity index is 1.96. The van der Waals surface area contributed by atoms with Gasteiger partial charge in [0.25, 0.3) is 5.91 Å². The summed E-state index contributed by atoms with van der Waals surface area (Å²) in [5, 5.41) is 0.654. The summed E-state index contributed by atoms with van der Waals surface area (Å²) in [5.41, 5.74) is 9.04. The highest BCUT2D eigenvalue weighted by molar-refractivity contribution is 7.19. The van der Waals surface area contributed by atoms with Gasteiger partial charge in [0.05, 0.1) is 15.8 Å². The molecule has 128 valence electrons. The summed E-state index contributed by atoms with van der Waals surface area (Å²) in [6.45, 7) is 6.19. The molecular weight excluding hydrogens is 330 g/mol. The average Bonchev–Trinajstić information content (AvgIpc) is 3.05. The van der Waals surface area contributed by atoms with Crippen LogP contribution in [0.4, 0.5) is 5.69 Å². The van der Waals surface area contributed by atoms with Crippen molar-refractivity contribution < 1.29 is 4.79 Å². The van der Waals surface area contributed by atoms with E-state index in [0.717, 1.165) is 28.9 Å². The Hall–Kier alpha value is -2.66. The molecule has 0 atom stereocenters. The van der Waals surface area contributed by atoms with E-state index >= 15 is 0 Å². The van der Waals surface area contributed by atoms with Crippen LogP contribution in [0.3, 0.4) is 0 Å². The second kappa shape index (κ2) is 7.49. The van der Waals surface area contributed by atoms with Crippen LogP contribution < -0.4 is 10.6 Å². The number of carbonyl (C=O) groups is 1. The van der Waals surface area contributed by atoms with Crippen LogP contribution in [0.25, 0.3) is 21.9 Å². The first-order valence-electron chi connectivity index (χ1n) is 8.34. The fourth-order valence-electron chi connectivity index (χ4n) is 2.76. The quantitative estimate of drug-likeness (QED) is 0.678. The second-order valence-electron chi connectivity index (χ2n) is 5.67. The number of benzene rings is 2. The number of rotatable bonds is 6. The van der Waals surface area contributed by atoms with Gasteiger partial charge in [-0.2, -0.15) is 0 Å². The molecule has 3 aromatic rings. The Kier molecular flexibility index (Phi) is 5.14. The van der Waals surface area contributed by atoms with Gasteiger partial charge in [0, 0.05) is 18.8 Å². The number of para-hydroxylation sites is 1. The van der Waals surface area contributed by atoms with Crippen molar-refractivity contribution in [1.82, 2.24) is 4.98 Å². The lowest BCUT2D eigenvalue weighted by Crippen LogP contribution is -2.21. The highest BCUT2D eigenvalue weighted by atomic mass is 32.1. The van der Waals surface area contributed by atoms with Crippen molar-refractivity contribution in [3.05, 3.63) is 59.1 Å². The minimum atomic E-state index is -0.466. The number of hydrogen-bond acceptors (Lipinski definition) is 4. The van der Waals surface area contributed by atoms with Crippen molar-refractivity contribution in [1.29, 1.82) is 0 Å². The maximum Gasteiger partial charge on any atom is 0.251 e. The predicted molar refractivity (Wildman–Crippen MR) is 107 cm³/mol. The van der Waals surface area contributed by atoms with Crippen LogP contribution in [-0.4, -0.2) is 24.0 Å². The van der Waals surface area contributed by atoms with Gasteiger partial charge in [0.2, 0.25) is 0 Å². The summed E-state index contributed by atoms with van der Waals surface area (Å²) in [5.74, 6) is -0.466. The number of nitrogens with zero attached hydrogens (tertiary/aromatic N) is 2. The number of hydrogen-bond donors (Lipinski definition) is 1. The number of nitrogens with two attached hydrogens (primary N) is 1. The molecular formula is C20H21N3OS. The van der Waals surface area contributed by atoms with E-state index in [9.17, 15) is 4.79 Å². The standard InChI is InChI=1S/C20H21N3OS/c1-3-23(4-2)15-11-9-14(10-12-15)13-16(19(21)24)20-22-17-7-5-6-8-18(17)25-20/h5-13H,3-4H2,1-2H3,(H2,21,24)/b16-13+. The van der Waals surface area contributed by atoms with E-state index in [2.05, 4.69) is 35.9 Å². The molecule has 1 aromatic heterocycles. The first-order chi connectivity index (χ1) is 12.1. The topological polar surface area (TPSA) is 59.2 Å². The summed E-state index contributed by atoms with van der Waals surface area (Å²) in [6.07, 6.45) is 1.81. The number of primary amides is 1. The largest absolute Gasteiger partial charge is 0.372 e. The molecule has 0 fully saturated rings. The van der Waals surface area contributed by atoms with Crippen molar-refractivity contribution in [2.75, 3.05) is 18.0 Å². The molecule has 3 rings (SSSR count). The van der Waals surface area contributed by atoms with Crippen LogP contribution in [0.2, 0.25) is 0 Å². The van der Waals surface area contributed by atoms with Gasteiger partial charge in [-0.15, -0.1) is 11.3 Å². The lowest BCUT2D eigenvalue weighted by Gasteiger charge is -2.20. The van der Waals surface area contributed by atoms with Crippen molar-refractivity contribution in [3.63, 3.8) is 0 Å². The first-order valence-corrected chi connectivity index (χ1v) is 9.16. The summed E-state index contributed by atoms with van der Waals surface area (Å²) in [7, 11) is 0. The minimum Gasteiger partial charge on any atom is -0.372 e. The summed E-state index contributed by atoms with van der Waals surface area (Å²) < 4.78 is 1.04. The maximum atomic E-state index is 12.0. The molecule has 1 amide bonds. The van der Waals surface area contributed by atoms with Crippen molar-refractivity contribution >= 4 is 44.8 Å². The van der Waals surface area contributed by atoms with E-state index in [1.165, 1.54) is 17.0 Å². The van der Waals surface area contributed by atoms with Crippen molar-refractivity contribution in [3.8, 4) is 0 Å². The van der Waals surface area contributed by atoms with Gasteiger partial charge in [-0.1, -0.05) is 24.3 Å². The zero-order chi connectivity index (χ0) is 17.8. The predicted octanol–water partition coefficient (Wildman–Crippen LogP) is 4.17. The van der Waals surface area contributed by atoms with Crippen molar-refractivity contribution in [2.45, 2.75) is 13.8 Å². The molecule has 2 N–H and O–H groups in total. The molecule has 0 aliphatic heterocycles. The summed E-state index contributed by atoms with van der Waals surface area (Å²) in [6, 6.07) is 16.0. The third-order valence-electron chi connectivity index (χ3n) is 4.12. The molecule has 0 radical (unpaired) electrons. The third kappa shape index (κ3) is 3.72. The van der Waals surface area contributed by atoms with Gasteiger partial charge < -0.3 is 10.6 Å². The fraction of sp³-hybridized carbons (Fsp3) is 0.200. The Morgan fingerprint density at radius 3 is 2.40 bits per heavy atom. The van der Waals surface area contributed by atoms with E-state index in [1.807, 2.05) is 42.5 Å². The van der Waals surface area contributed by atoms with Crippen LogP contribution in [0, 0.1) is 0 Å². The van der Waals surface area contributed by atoms with Crippen LogP contribution >= 0.6 is 11.3 Å². The third-order valence-corrected chi connectivity index (χ3v) is 5.19. The molecule has 1 heterocycles. The van der Waals surface area contributed by atoms with Gasteiger partial charge in [0.1, 0.15) is 5.01 Å². The second-order valence-corrected chi connectivity index (χ2v) is 6.70. The van der Waals surface area contributed by atoms with E-state index in [0.29, 0.717) is 10.6 Å². The lowest BCUT2D eigenvalue weighted by atomic mass is 10.1. The molecule has 2 aromatic carbocycles. The number of thiazole rings is 1. The van der Waals surface area contributed by atoms with Crippen LogP contribution in [0.1, 0.15) is 24.4 Å². The van der Waals surface area contributed by atoms with Gasteiger partial charge in [-0.3, -0.25) is 4.79 Å². The molecule has 0 bridgehead atoms. The normalized spacial score (nSPS) is 11.7. The summed E-state index contributed by atoms with van der Waals surface area (Å²) in [4.78, 5) is 18.8. The molecule has 0 aliphatic carbocycles. The fourth-order valence-corrected chi connectivity index (χ4v) is 3.75. The molecule has 0 aliphatic rings. The Morgan fingerprint density at radius 1 is 1.12 bits per heavy atom. The highest BCUT2D eigenvalue weighted by Crippen LogP contribution is 2.28. The smallest absolute Gasteiger partial charge is 0.251 e. The number of carbonyl (C=O) groups excluding carboxylic acids is 1. The van der Waals surface area contributed by atoms with E-state index in [-0.39, 0.29) is 0 Å². The van der Waals surface area contributed by atoms with Crippen LogP contribution in [0.5, 0.6) is 0 Å². The zero-order valence-electron chi connectivity index (χ0n) is 14.4. The molecule has 25 heavy (non-hydrogen) atoms. The minimum absolute atomic E-state index is 0.441. The van der Waals surface area contributed by atoms with Crippen LogP contribution in [0.15, 0.2) is 48.5 Å². The lowest BCUT2D eigenvalue weighted by molar-refractivity contribution is -0.112. The van der Waals surface area contributed by atoms with Crippen LogP contribution in [-0.2, 0) is 4.79 Å². The maximum absolute atomic E-state index is 12.0. The van der Waals surface area contributed by atoms with E-state index < -0.39 is 5.91 Å².